The van der Waals surface area contributed by atoms with Gasteiger partial charge >= 0.3 is 0 Å². The van der Waals surface area contributed by atoms with E-state index in [9.17, 15) is 9.59 Å². The van der Waals surface area contributed by atoms with Gasteiger partial charge in [0, 0.05) is 69.3 Å². The fourth-order valence-corrected chi connectivity index (χ4v) is 5.60. The summed E-state index contributed by atoms with van der Waals surface area (Å²) < 4.78 is 10.8. The molecule has 0 spiro atoms. The summed E-state index contributed by atoms with van der Waals surface area (Å²) in [6.45, 7) is 8.72. The smallest absolute Gasteiger partial charge is 0.253 e. The third kappa shape index (κ3) is 7.49. The highest BCUT2D eigenvalue weighted by atomic mass is 32.2. The summed E-state index contributed by atoms with van der Waals surface area (Å²) in [7, 11) is 5.34. The van der Waals surface area contributed by atoms with Crippen molar-refractivity contribution in [2.24, 2.45) is 0 Å². The molecule has 1 aliphatic rings. The van der Waals surface area contributed by atoms with Gasteiger partial charge in [-0.25, -0.2) is 9.97 Å². The number of likely N-dealkylation sites (N-methyl/N-ethyl adjacent to an activating group) is 1. The Morgan fingerprint density at radius 1 is 0.902 bits per heavy atom. The van der Waals surface area contributed by atoms with Crippen LogP contribution < -0.4 is 14.4 Å². The first-order valence-corrected chi connectivity index (χ1v) is 14.7. The normalized spacial score (nSPS) is 13.2. The molecule has 2 aromatic carbocycles. The lowest BCUT2D eigenvalue weighted by Crippen LogP contribution is -2.50. The summed E-state index contributed by atoms with van der Waals surface area (Å²) in [5.74, 6) is 3.13. The first-order chi connectivity index (χ1) is 19.7. The summed E-state index contributed by atoms with van der Waals surface area (Å²) >= 11 is 1.58. The van der Waals surface area contributed by atoms with E-state index in [1.807, 2.05) is 48.2 Å². The van der Waals surface area contributed by atoms with Crippen LogP contribution in [0.4, 0.5) is 5.82 Å². The molecule has 218 valence electrons. The average molecular weight is 578 g/mol. The van der Waals surface area contributed by atoms with Crippen LogP contribution in [0.15, 0.2) is 47.6 Å². The van der Waals surface area contributed by atoms with Gasteiger partial charge < -0.3 is 24.2 Å². The van der Waals surface area contributed by atoms with Crippen LogP contribution in [0.3, 0.4) is 0 Å². The number of rotatable bonds is 10. The van der Waals surface area contributed by atoms with Gasteiger partial charge in [0.15, 0.2) is 16.7 Å². The van der Waals surface area contributed by atoms with Crippen molar-refractivity contribution in [3.63, 3.8) is 0 Å². The molecule has 41 heavy (non-hydrogen) atoms. The molecule has 0 radical (unpaired) electrons. The van der Waals surface area contributed by atoms with E-state index in [-0.39, 0.29) is 11.8 Å². The maximum Gasteiger partial charge on any atom is 0.253 e. The lowest BCUT2D eigenvalue weighted by atomic mass is 10.1. The molecule has 4 rings (SSSR count). The molecule has 1 fully saturated rings. The van der Waals surface area contributed by atoms with E-state index in [2.05, 4.69) is 24.9 Å². The Labute approximate surface area is 246 Å². The molecule has 0 bridgehead atoms. The van der Waals surface area contributed by atoms with Gasteiger partial charge in [0.05, 0.1) is 14.2 Å². The van der Waals surface area contributed by atoms with Crippen molar-refractivity contribution in [1.29, 1.82) is 0 Å². The maximum absolute atomic E-state index is 12.9. The van der Waals surface area contributed by atoms with Crippen molar-refractivity contribution >= 4 is 29.4 Å². The van der Waals surface area contributed by atoms with Gasteiger partial charge in [-0.3, -0.25) is 9.59 Å². The first kappa shape index (κ1) is 30.2. The molecule has 2 amide bonds. The molecule has 2 heterocycles. The second-order valence-corrected chi connectivity index (χ2v) is 11.1. The van der Waals surface area contributed by atoms with Crippen LogP contribution in [0.25, 0.3) is 0 Å². The number of hydrogen-bond donors (Lipinski definition) is 0. The third-order valence-electron chi connectivity index (χ3n) is 7.47. The predicted molar refractivity (Wildman–Crippen MR) is 162 cm³/mol. The highest BCUT2D eigenvalue weighted by Gasteiger charge is 2.23. The van der Waals surface area contributed by atoms with Gasteiger partial charge in [-0.1, -0.05) is 30.0 Å². The minimum Gasteiger partial charge on any atom is -0.493 e. The Balaban J connectivity index is 1.35. The van der Waals surface area contributed by atoms with Crippen LogP contribution in [-0.2, 0) is 17.0 Å². The molecule has 1 saturated heterocycles. The molecule has 0 unspecified atom stereocenters. The van der Waals surface area contributed by atoms with Crippen molar-refractivity contribution in [2.45, 2.75) is 38.1 Å². The number of aryl methyl sites for hydroxylation is 1. The van der Waals surface area contributed by atoms with Crippen LogP contribution >= 0.6 is 11.8 Å². The number of hydrogen-bond acceptors (Lipinski definition) is 8. The number of methoxy groups -OCH3 is 2. The molecule has 9 nitrogen and oxygen atoms in total. The molecule has 0 N–H and O–H groups in total. The number of piperazine rings is 1. The maximum atomic E-state index is 12.9. The number of ether oxygens (including phenoxy) is 2. The number of thioether (sulfide) groups is 1. The highest BCUT2D eigenvalue weighted by Crippen LogP contribution is 2.29. The Hall–Kier alpha value is -3.79. The van der Waals surface area contributed by atoms with E-state index in [4.69, 9.17) is 19.4 Å². The Morgan fingerprint density at radius 3 is 2.17 bits per heavy atom. The van der Waals surface area contributed by atoms with Crippen LogP contribution in [0.2, 0.25) is 0 Å². The average Bonchev–Trinajstić information content (AvgIpc) is 3.00. The summed E-state index contributed by atoms with van der Waals surface area (Å²) in [4.78, 5) is 39.9. The predicted octanol–water partition coefficient (Wildman–Crippen LogP) is 4.39. The second kappa shape index (κ2) is 13.7. The van der Waals surface area contributed by atoms with E-state index < -0.39 is 0 Å². The summed E-state index contributed by atoms with van der Waals surface area (Å²) in [6.07, 6.45) is 0.833. The lowest BCUT2D eigenvalue weighted by Gasteiger charge is -2.34. The van der Waals surface area contributed by atoms with Crippen LogP contribution in [-0.4, -0.2) is 85.6 Å². The zero-order chi connectivity index (χ0) is 29.5. The minimum absolute atomic E-state index is 0.00524. The van der Waals surface area contributed by atoms with Gasteiger partial charge in [-0.15, -0.1) is 0 Å². The topological polar surface area (TPSA) is 88.1 Å². The fourth-order valence-electron chi connectivity index (χ4n) is 4.76. The van der Waals surface area contributed by atoms with Gasteiger partial charge in [0.2, 0.25) is 5.91 Å². The largest absolute Gasteiger partial charge is 0.493 e. The Bertz CT molecular complexity index is 1370. The van der Waals surface area contributed by atoms with Crippen molar-refractivity contribution in [1.82, 2.24) is 19.8 Å². The Morgan fingerprint density at radius 2 is 1.54 bits per heavy atom. The number of aromatic nitrogens is 2. The zero-order valence-electron chi connectivity index (χ0n) is 24.8. The lowest BCUT2D eigenvalue weighted by molar-refractivity contribution is -0.130. The van der Waals surface area contributed by atoms with Gasteiger partial charge in [0.1, 0.15) is 5.82 Å². The third-order valence-corrected chi connectivity index (χ3v) is 8.39. The second-order valence-electron chi connectivity index (χ2n) is 10.2. The molecule has 3 aromatic rings. The highest BCUT2D eigenvalue weighted by molar-refractivity contribution is 7.98. The van der Waals surface area contributed by atoms with Crippen LogP contribution in [0.1, 0.15) is 39.7 Å². The number of amides is 2. The van der Waals surface area contributed by atoms with Crippen molar-refractivity contribution in [3.05, 3.63) is 70.4 Å². The van der Waals surface area contributed by atoms with Crippen LogP contribution in [0.5, 0.6) is 11.5 Å². The van der Waals surface area contributed by atoms with Gasteiger partial charge in [0.25, 0.3) is 5.91 Å². The molecule has 0 atom stereocenters. The van der Waals surface area contributed by atoms with E-state index in [1.54, 1.807) is 37.8 Å². The van der Waals surface area contributed by atoms with Crippen molar-refractivity contribution in [3.8, 4) is 11.5 Å². The molecule has 0 aliphatic carbocycles. The van der Waals surface area contributed by atoms with Crippen molar-refractivity contribution < 1.29 is 19.1 Å². The summed E-state index contributed by atoms with van der Waals surface area (Å²) in [5.41, 5.74) is 4.94. The number of carbonyl (C=O) groups excluding carboxylic acids is 2. The molecular formula is C31H39N5O4S. The standard InChI is InChI=1S/C31H39N5O4S/c1-21-22(2)32-31(33-29(21)34(4)14-13-24-9-12-27(39-5)28(19-24)40-6)41-20-25-7-10-26(11-8-25)30(38)36-17-15-35(16-18-36)23(3)37/h7-12,19H,13-18,20H2,1-6H3. The van der Waals surface area contributed by atoms with E-state index in [0.717, 1.165) is 57.8 Å². The van der Waals surface area contributed by atoms with Gasteiger partial charge in [-0.2, -0.15) is 0 Å². The number of anilines is 1. The number of carbonyl (C=O) groups is 2. The minimum atomic E-state index is 0.00524. The van der Waals surface area contributed by atoms with E-state index >= 15 is 0 Å². The first-order valence-electron chi connectivity index (χ1n) is 13.7. The molecule has 1 aliphatic heterocycles. The quantitative estimate of drug-likeness (QED) is 0.259. The SMILES string of the molecule is COc1ccc(CCN(C)c2nc(SCc3ccc(C(=O)N4CCN(C(C)=O)CC4)cc3)nc(C)c2C)cc1OC. The van der Waals surface area contributed by atoms with Crippen LogP contribution in [0, 0.1) is 13.8 Å². The van der Waals surface area contributed by atoms with Gasteiger partial charge in [-0.05, 0) is 55.7 Å². The van der Waals surface area contributed by atoms with E-state index in [0.29, 0.717) is 37.5 Å². The van der Waals surface area contributed by atoms with E-state index in [1.165, 1.54) is 0 Å². The number of nitrogens with zero attached hydrogens (tertiary/aromatic N) is 5. The molecule has 1 aromatic heterocycles. The molecule has 10 heteroatoms. The zero-order valence-corrected chi connectivity index (χ0v) is 25.6. The fraction of sp³-hybridized carbons (Fsp3) is 0.419. The molecule has 0 saturated carbocycles. The summed E-state index contributed by atoms with van der Waals surface area (Å²) in [6, 6.07) is 13.7. The summed E-state index contributed by atoms with van der Waals surface area (Å²) in [5, 5.41) is 0.726. The Kier molecular flexibility index (Phi) is 10.1. The monoisotopic (exact) mass is 577 g/mol. The number of benzene rings is 2. The molecular weight excluding hydrogens is 538 g/mol. The van der Waals surface area contributed by atoms with Crippen molar-refractivity contribution in [2.75, 3.05) is 58.9 Å².